The average Bonchev–Trinajstić information content (AvgIpc) is 2.96. The van der Waals surface area contributed by atoms with Gasteiger partial charge in [-0.2, -0.15) is 5.26 Å². The predicted molar refractivity (Wildman–Crippen MR) is 153 cm³/mol. The Hall–Kier alpha value is -5.02. The van der Waals surface area contributed by atoms with Crippen LogP contribution >= 0.6 is 0 Å². The van der Waals surface area contributed by atoms with Crippen LogP contribution in [0.15, 0.2) is 103 Å². The molecule has 0 spiro atoms. The van der Waals surface area contributed by atoms with Gasteiger partial charge in [0.15, 0.2) is 11.5 Å². The Morgan fingerprint density at radius 2 is 1.51 bits per heavy atom. The third-order valence-electron chi connectivity index (χ3n) is 5.82. The van der Waals surface area contributed by atoms with Crippen molar-refractivity contribution in [3.63, 3.8) is 0 Å². The summed E-state index contributed by atoms with van der Waals surface area (Å²) in [6.45, 7) is 5.23. The highest BCUT2D eigenvalue weighted by atomic mass is 16.5. The summed E-state index contributed by atoms with van der Waals surface area (Å²) in [6, 6.07) is 32.3. The molecule has 196 valence electrons. The first-order valence-electron chi connectivity index (χ1n) is 12.7. The molecule has 1 amide bonds. The van der Waals surface area contributed by atoms with Gasteiger partial charge in [-0.15, -0.1) is 0 Å². The van der Waals surface area contributed by atoms with Crippen LogP contribution in [-0.4, -0.2) is 12.5 Å². The molecule has 4 rings (SSSR count). The molecule has 0 aliphatic rings. The molecule has 0 aliphatic carbocycles. The summed E-state index contributed by atoms with van der Waals surface area (Å²) in [4.78, 5) is 12.8. The highest BCUT2D eigenvalue weighted by molar-refractivity contribution is 6.09. The number of rotatable bonds is 11. The van der Waals surface area contributed by atoms with Crippen LogP contribution in [0.5, 0.6) is 17.2 Å². The van der Waals surface area contributed by atoms with Crippen molar-refractivity contribution in [1.82, 2.24) is 0 Å². The molecule has 39 heavy (non-hydrogen) atoms. The van der Waals surface area contributed by atoms with E-state index in [1.807, 2.05) is 74.5 Å². The van der Waals surface area contributed by atoms with Gasteiger partial charge in [-0.25, -0.2) is 0 Å². The van der Waals surface area contributed by atoms with Gasteiger partial charge in [-0.3, -0.25) is 4.79 Å². The van der Waals surface area contributed by atoms with Crippen molar-refractivity contribution in [3.05, 3.63) is 125 Å². The molecule has 0 aromatic heterocycles. The number of nitrogens with one attached hydrogen (secondary N) is 1. The second kappa shape index (κ2) is 13.5. The van der Waals surface area contributed by atoms with Crippen molar-refractivity contribution in [2.45, 2.75) is 27.1 Å². The van der Waals surface area contributed by atoms with Crippen LogP contribution in [0.4, 0.5) is 5.69 Å². The molecule has 0 fully saturated rings. The fourth-order valence-corrected chi connectivity index (χ4v) is 3.74. The van der Waals surface area contributed by atoms with Gasteiger partial charge in [-0.1, -0.05) is 66.2 Å². The number of carbonyl (C=O) groups excluding carboxylic acids is 1. The second-order valence-corrected chi connectivity index (χ2v) is 8.84. The monoisotopic (exact) mass is 518 g/mol. The molecule has 4 aromatic rings. The van der Waals surface area contributed by atoms with E-state index in [0.717, 1.165) is 11.1 Å². The number of anilines is 1. The molecule has 0 atom stereocenters. The first kappa shape index (κ1) is 27.0. The molecule has 4 aromatic carbocycles. The molecule has 0 heterocycles. The zero-order chi connectivity index (χ0) is 27.5. The fraction of sp³-hybridized carbons (Fsp3) is 0.152. The van der Waals surface area contributed by atoms with E-state index < -0.39 is 5.91 Å². The van der Waals surface area contributed by atoms with Gasteiger partial charge < -0.3 is 19.5 Å². The third kappa shape index (κ3) is 7.98. The minimum atomic E-state index is -0.506. The average molecular weight is 519 g/mol. The Bertz CT molecular complexity index is 1450. The van der Waals surface area contributed by atoms with Gasteiger partial charge in [0.2, 0.25) is 0 Å². The first-order chi connectivity index (χ1) is 19.0. The summed E-state index contributed by atoms with van der Waals surface area (Å²) < 4.78 is 17.5. The van der Waals surface area contributed by atoms with Crippen LogP contribution in [0.3, 0.4) is 0 Å². The minimum absolute atomic E-state index is 0.0323. The largest absolute Gasteiger partial charge is 0.490 e. The van der Waals surface area contributed by atoms with E-state index in [-0.39, 0.29) is 5.57 Å². The maximum Gasteiger partial charge on any atom is 0.266 e. The van der Waals surface area contributed by atoms with Crippen molar-refractivity contribution in [3.8, 4) is 23.3 Å². The third-order valence-corrected chi connectivity index (χ3v) is 5.82. The lowest BCUT2D eigenvalue weighted by molar-refractivity contribution is -0.112. The molecule has 0 bridgehead atoms. The van der Waals surface area contributed by atoms with Crippen LogP contribution in [0, 0.1) is 18.3 Å². The van der Waals surface area contributed by atoms with Crippen LogP contribution in [-0.2, 0) is 18.0 Å². The molecular formula is C33H30N2O4. The number of nitriles is 1. The maximum absolute atomic E-state index is 12.8. The Balaban J connectivity index is 1.39. The normalized spacial score (nSPS) is 10.8. The van der Waals surface area contributed by atoms with E-state index in [2.05, 4.69) is 5.32 Å². The van der Waals surface area contributed by atoms with Crippen LogP contribution < -0.4 is 19.5 Å². The topological polar surface area (TPSA) is 80.6 Å². The van der Waals surface area contributed by atoms with Crippen LogP contribution in [0.2, 0.25) is 0 Å². The molecule has 1 N–H and O–H groups in total. The molecule has 0 radical (unpaired) electrons. The summed E-state index contributed by atoms with van der Waals surface area (Å²) in [6.07, 6.45) is 1.53. The molecule has 6 nitrogen and oxygen atoms in total. The van der Waals surface area contributed by atoms with Gasteiger partial charge in [-0.05, 0) is 73.0 Å². The van der Waals surface area contributed by atoms with E-state index in [1.165, 1.54) is 11.6 Å². The molecule has 0 unspecified atom stereocenters. The summed E-state index contributed by atoms with van der Waals surface area (Å²) >= 11 is 0. The summed E-state index contributed by atoms with van der Waals surface area (Å²) in [5.74, 6) is 1.31. The van der Waals surface area contributed by atoms with E-state index in [1.54, 1.807) is 42.5 Å². The number of benzene rings is 4. The summed E-state index contributed by atoms with van der Waals surface area (Å²) in [7, 11) is 0. The number of nitrogens with zero attached hydrogens (tertiary/aromatic N) is 1. The Kier molecular flexibility index (Phi) is 9.36. The standard InChI is InChI=1S/C33H30N2O4/c1-3-37-32-20-27(13-18-31(32)39-23-25-7-5-4-6-8-25)19-28(21-34)33(36)35-29-14-16-30(17-15-29)38-22-26-11-9-24(2)10-12-26/h4-20H,3,22-23H2,1-2H3,(H,35,36)/b28-19+. The molecule has 0 aliphatic heterocycles. The van der Waals surface area contributed by atoms with Gasteiger partial charge in [0.25, 0.3) is 5.91 Å². The zero-order valence-electron chi connectivity index (χ0n) is 22.0. The number of hydrogen-bond acceptors (Lipinski definition) is 5. The highest BCUT2D eigenvalue weighted by Crippen LogP contribution is 2.30. The number of carbonyl (C=O) groups is 1. The van der Waals surface area contributed by atoms with Gasteiger partial charge in [0.05, 0.1) is 6.61 Å². The molecular weight excluding hydrogens is 488 g/mol. The lowest BCUT2D eigenvalue weighted by atomic mass is 10.1. The van der Waals surface area contributed by atoms with Gasteiger partial charge in [0, 0.05) is 5.69 Å². The van der Waals surface area contributed by atoms with Gasteiger partial charge in [0.1, 0.15) is 30.6 Å². The van der Waals surface area contributed by atoms with E-state index >= 15 is 0 Å². The smallest absolute Gasteiger partial charge is 0.266 e. The number of hydrogen-bond donors (Lipinski definition) is 1. The van der Waals surface area contributed by atoms with Crippen LogP contribution in [0.1, 0.15) is 29.2 Å². The number of ether oxygens (including phenoxy) is 3. The lowest BCUT2D eigenvalue weighted by Crippen LogP contribution is -2.13. The van der Waals surface area contributed by atoms with Crippen molar-refractivity contribution in [1.29, 1.82) is 5.26 Å². The Morgan fingerprint density at radius 1 is 0.821 bits per heavy atom. The summed E-state index contributed by atoms with van der Waals surface area (Å²) in [5, 5.41) is 12.4. The van der Waals surface area contributed by atoms with Crippen molar-refractivity contribution in [2.75, 3.05) is 11.9 Å². The fourth-order valence-electron chi connectivity index (χ4n) is 3.74. The minimum Gasteiger partial charge on any atom is -0.490 e. The molecule has 0 saturated carbocycles. The predicted octanol–water partition coefficient (Wildman–Crippen LogP) is 7.10. The maximum atomic E-state index is 12.8. The van der Waals surface area contributed by atoms with E-state index in [9.17, 15) is 10.1 Å². The van der Waals surface area contributed by atoms with Crippen molar-refractivity contribution in [2.24, 2.45) is 0 Å². The highest BCUT2D eigenvalue weighted by Gasteiger charge is 2.12. The number of aryl methyl sites for hydroxylation is 1. The van der Waals surface area contributed by atoms with Crippen LogP contribution in [0.25, 0.3) is 6.08 Å². The Labute approximate surface area is 229 Å². The molecule has 0 saturated heterocycles. The van der Waals surface area contributed by atoms with E-state index in [4.69, 9.17) is 14.2 Å². The van der Waals surface area contributed by atoms with Crippen molar-refractivity contribution >= 4 is 17.7 Å². The zero-order valence-corrected chi connectivity index (χ0v) is 22.0. The van der Waals surface area contributed by atoms with Crippen molar-refractivity contribution < 1.29 is 19.0 Å². The first-order valence-corrected chi connectivity index (χ1v) is 12.7. The Morgan fingerprint density at radius 3 is 2.21 bits per heavy atom. The SMILES string of the molecule is CCOc1cc(/C=C(\C#N)C(=O)Nc2ccc(OCc3ccc(C)cc3)cc2)ccc1OCc1ccccc1. The lowest BCUT2D eigenvalue weighted by Gasteiger charge is -2.13. The summed E-state index contributed by atoms with van der Waals surface area (Å²) in [5.41, 5.74) is 4.49. The molecule has 6 heteroatoms. The second-order valence-electron chi connectivity index (χ2n) is 8.84. The quantitative estimate of drug-likeness (QED) is 0.169. The van der Waals surface area contributed by atoms with Gasteiger partial charge >= 0.3 is 0 Å². The number of amides is 1. The van der Waals surface area contributed by atoms with E-state index in [0.29, 0.717) is 48.3 Å².